The Morgan fingerprint density at radius 3 is 2.75 bits per heavy atom. The Kier molecular flexibility index (Phi) is 3.84. The molecule has 0 fully saturated rings. The van der Waals surface area contributed by atoms with Crippen LogP contribution in [0.4, 0.5) is 14.6 Å². The third kappa shape index (κ3) is 2.49. The lowest BCUT2D eigenvalue weighted by Crippen LogP contribution is -2.04. The average Bonchev–Trinajstić information content (AvgIpc) is 2.16. The molecule has 0 saturated carbocycles. The number of alkyl halides is 2. The lowest BCUT2D eigenvalue weighted by molar-refractivity contribution is -0.391. The number of nitriles is 1. The van der Waals surface area contributed by atoms with Crippen LogP contribution in [0.25, 0.3) is 0 Å². The lowest BCUT2D eigenvalue weighted by atomic mass is 10.1. The van der Waals surface area contributed by atoms with Crippen molar-refractivity contribution >= 4 is 21.7 Å². The Bertz CT molecular complexity index is 473. The molecular weight excluding hydrogens is 288 g/mol. The summed E-state index contributed by atoms with van der Waals surface area (Å²) in [5.74, 6) is -0.922. The van der Waals surface area contributed by atoms with Gasteiger partial charge in [0.05, 0.1) is 12.5 Å². The number of pyridine rings is 1. The van der Waals surface area contributed by atoms with E-state index in [1.54, 1.807) is 6.07 Å². The fourth-order valence-corrected chi connectivity index (χ4v) is 1.61. The van der Waals surface area contributed by atoms with Crippen molar-refractivity contribution in [3.8, 4) is 6.07 Å². The Hall–Kier alpha value is -1.62. The van der Waals surface area contributed by atoms with E-state index >= 15 is 0 Å². The topological polar surface area (TPSA) is 79.8 Å². The second-order valence-corrected chi connectivity index (χ2v) is 3.55. The van der Waals surface area contributed by atoms with Gasteiger partial charge in [0, 0.05) is 22.0 Å². The van der Waals surface area contributed by atoms with E-state index in [9.17, 15) is 18.9 Å². The molecule has 1 rings (SSSR count). The second kappa shape index (κ2) is 4.94. The Balaban J connectivity index is 3.48. The molecule has 1 heterocycles. The molecule has 0 aliphatic rings. The monoisotopic (exact) mass is 291 g/mol. The first-order valence-corrected chi connectivity index (χ1v) is 4.75. The maximum atomic E-state index is 12.6. The van der Waals surface area contributed by atoms with Gasteiger partial charge in [0.2, 0.25) is 4.60 Å². The van der Waals surface area contributed by atoms with Crippen LogP contribution in [0.1, 0.15) is 17.6 Å². The third-order valence-corrected chi connectivity index (χ3v) is 2.16. The normalized spacial score (nSPS) is 10.2. The second-order valence-electron chi connectivity index (χ2n) is 2.73. The highest BCUT2D eigenvalue weighted by Gasteiger charge is 2.28. The molecule has 8 heteroatoms. The summed E-state index contributed by atoms with van der Waals surface area (Å²) in [4.78, 5) is 12.9. The summed E-state index contributed by atoms with van der Waals surface area (Å²) < 4.78 is 25.3. The molecule has 0 aliphatic carbocycles. The van der Waals surface area contributed by atoms with Gasteiger partial charge in [-0.25, -0.2) is 8.78 Å². The van der Waals surface area contributed by atoms with Crippen molar-refractivity contribution in [1.29, 1.82) is 5.26 Å². The average molecular weight is 292 g/mol. The van der Waals surface area contributed by atoms with Crippen molar-refractivity contribution in [2.24, 2.45) is 0 Å². The number of hydrogen-bond donors (Lipinski definition) is 0. The molecule has 0 aromatic carbocycles. The van der Waals surface area contributed by atoms with Crippen LogP contribution in [0.3, 0.4) is 0 Å². The van der Waals surface area contributed by atoms with E-state index in [1.807, 2.05) is 0 Å². The molecule has 0 amide bonds. The van der Waals surface area contributed by atoms with Gasteiger partial charge in [0.1, 0.15) is 5.56 Å². The van der Waals surface area contributed by atoms with Crippen molar-refractivity contribution in [3.05, 3.63) is 31.9 Å². The van der Waals surface area contributed by atoms with Gasteiger partial charge in [-0.3, -0.25) is 0 Å². The van der Waals surface area contributed by atoms with Gasteiger partial charge in [0.15, 0.2) is 0 Å². The van der Waals surface area contributed by atoms with Crippen LogP contribution >= 0.6 is 15.9 Å². The quantitative estimate of drug-likeness (QED) is 0.487. The highest BCUT2D eigenvalue weighted by Crippen LogP contribution is 2.32. The molecular formula is C8H4BrF2N3O2. The van der Waals surface area contributed by atoms with Crippen molar-refractivity contribution in [2.75, 3.05) is 0 Å². The number of rotatable bonds is 3. The number of halogens is 3. The van der Waals surface area contributed by atoms with Crippen molar-refractivity contribution in [2.45, 2.75) is 12.8 Å². The van der Waals surface area contributed by atoms with Crippen molar-refractivity contribution < 1.29 is 13.7 Å². The van der Waals surface area contributed by atoms with Gasteiger partial charge >= 0.3 is 5.82 Å². The molecule has 84 valence electrons. The van der Waals surface area contributed by atoms with Crippen LogP contribution in [0.5, 0.6) is 0 Å². The van der Waals surface area contributed by atoms with E-state index < -0.39 is 22.7 Å². The van der Waals surface area contributed by atoms with Crippen LogP contribution in [-0.2, 0) is 6.42 Å². The molecule has 0 aliphatic heterocycles. The van der Waals surface area contributed by atoms with E-state index in [0.717, 1.165) is 0 Å². The van der Waals surface area contributed by atoms with Crippen LogP contribution < -0.4 is 0 Å². The molecule has 0 N–H and O–H groups in total. The molecule has 5 nitrogen and oxygen atoms in total. The molecule has 0 unspecified atom stereocenters. The fourth-order valence-electron chi connectivity index (χ4n) is 1.17. The van der Waals surface area contributed by atoms with Gasteiger partial charge in [-0.2, -0.15) is 5.26 Å². The van der Waals surface area contributed by atoms with Crippen LogP contribution in [0.15, 0.2) is 10.7 Å². The summed E-state index contributed by atoms with van der Waals surface area (Å²) in [7, 11) is 0. The first-order chi connectivity index (χ1) is 7.47. The smallest absolute Gasteiger partial charge is 0.358 e. The van der Waals surface area contributed by atoms with Crippen LogP contribution in [-0.4, -0.2) is 9.91 Å². The fraction of sp³-hybridized carbons (Fsp3) is 0.250. The van der Waals surface area contributed by atoms with Gasteiger partial charge < -0.3 is 10.1 Å². The number of hydrogen-bond acceptors (Lipinski definition) is 4. The molecule has 1 aromatic rings. The third-order valence-electron chi connectivity index (χ3n) is 1.75. The Labute approximate surface area is 97.0 Å². The van der Waals surface area contributed by atoms with Gasteiger partial charge in [-0.05, 0) is 15.5 Å². The summed E-state index contributed by atoms with van der Waals surface area (Å²) in [5.41, 5.74) is -0.888. The van der Waals surface area contributed by atoms with E-state index in [-0.39, 0.29) is 16.6 Å². The predicted molar refractivity (Wildman–Crippen MR) is 52.9 cm³/mol. The van der Waals surface area contributed by atoms with Gasteiger partial charge in [-0.1, -0.05) is 0 Å². The summed E-state index contributed by atoms with van der Waals surface area (Å²) in [5, 5.41) is 19.0. The van der Waals surface area contributed by atoms with Crippen molar-refractivity contribution in [1.82, 2.24) is 4.98 Å². The highest BCUT2D eigenvalue weighted by atomic mass is 79.9. The zero-order valence-corrected chi connectivity index (χ0v) is 9.24. The molecule has 0 radical (unpaired) electrons. The molecule has 16 heavy (non-hydrogen) atoms. The zero-order valence-electron chi connectivity index (χ0n) is 7.65. The maximum absolute atomic E-state index is 12.6. The molecule has 1 aromatic heterocycles. The minimum Gasteiger partial charge on any atom is -0.358 e. The maximum Gasteiger partial charge on any atom is 0.373 e. The molecule has 0 bridgehead atoms. The molecule has 0 spiro atoms. The first kappa shape index (κ1) is 12.4. The van der Waals surface area contributed by atoms with E-state index in [2.05, 4.69) is 20.9 Å². The molecule has 0 saturated heterocycles. The summed E-state index contributed by atoms with van der Waals surface area (Å²) in [6.45, 7) is 0. The summed E-state index contributed by atoms with van der Waals surface area (Å²) in [6.07, 6.45) is -3.37. The highest BCUT2D eigenvalue weighted by molar-refractivity contribution is 9.10. The Morgan fingerprint density at radius 1 is 1.69 bits per heavy atom. The number of nitrogens with zero attached hydrogens (tertiary/aromatic N) is 3. The van der Waals surface area contributed by atoms with E-state index in [1.165, 1.54) is 6.07 Å². The van der Waals surface area contributed by atoms with Crippen LogP contribution in [0, 0.1) is 21.4 Å². The molecule has 0 atom stereocenters. The van der Waals surface area contributed by atoms with Gasteiger partial charge in [0.25, 0.3) is 6.43 Å². The largest absolute Gasteiger partial charge is 0.373 e. The van der Waals surface area contributed by atoms with E-state index in [0.29, 0.717) is 0 Å². The van der Waals surface area contributed by atoms with E-state index in [4.69, 9.17) is 5.26 Å². The standard InChI is InChI=1S/C8H4BrF2N3O2/c9-5-3-4(1-2-12)6(7(10)11)8(13-5)14(15)16/h3,7H,1H2. The zero-order chi connectivity index (χ0) is 12.3. The minimum absolute atomic E-state index is 0.0499. The Morgan fingerprint density at radius 2 is 2.31 bits per heavy atom. The summed E-state index contributed by atoms with van der Waals surface area (Å²) >= 11 is 2.86. The van der Waals surface area contributed by atoms with Crippen LogP contribution in [0.2, 0.25) is 0 Å². The number of aromatic nitrogens is 1. The minimum atomic E-state index is -3.04. The number of nitro groups is 1. The van der Waals surface area contributed by atoms with Crippen molar-refractivity contribution in [3.63, 3.8) is 0 Å². The first-order valence-electron chi connectivity index (χ1n) is 3.96. The van der Waals surface area contributed by atoms with Gasteiger partial charge in [-0.15, -0.1) is 0 Å². The lowest BCUT2D eigenvalue weighted by Gasteiger charge is -2.05. The predicted octanol–water partition coefficient (Wildman–Crippen LogP) is 2.76. The SMILES string of the molecule is N#CCc1cc(Br)nc([N+](=O)[O-])c1C(F)F. The summed E-state index contributed by atoms with van der Waals surface area (Å²) in [6, 6.07) is 2.85.